The highest BCUT2D eigenvalue weighted by Gasteiger charge is 2.15. The summed E-state index contributed by atoms with van der Waals surface area (Å²) in [6.07, 6.45) is 1.67. The van der Waals surface area contributed by atoms with Crippen molar-refractivity contribution in [1.29, 1.82) is 0 Å². The van der Waals surface area contributed by atoms with Crippen LogP contribution in [0.4, 0.5) is 5.13 Å². The van der Waals surface area contributed by atoms with Gasteiger partial charge in [-0.3, -0.25) is 14.2 Å². The minimum Gasteiger partial charge on any atom is -0.302 e. The number of carbonyl (C=O) groups is 1. The summed E-state index contributed by atoms with van der Waals surface area (Å²) >= 11 is 1.44. The molecule has 0 aliphatic rings. The summed E-state index contributed by atoms with van der Waals surface area (Å²) in [5, 5.41) is 8.19. The van der Waals surface area contributed by atoms with Crippen molar-refractivity contribution in [2.45, 2.75) is 33.7 Å². The molecular weight excluding hydrogens is 436 g/mol. The number of nitrogens with one attached hydrogen (secondary N) is 1. The molecule has 0 spiro atoms. The molecule has 3 aromatic heterocycles. The molecule has 0 unspecified atom stereocenters. The lowest BCUT2D eigenvalue weighted by atomic mass is 10.2. The molecule has 3 heterocycles. The van der Waals surface area contributed by atoms with E-state index in [2.05, 4.69) is 20.4 Å². The Morgan fingerprint density at radius 1 is 1.03 bits per heavy atom. The van der Waals surface area contributed by atoms with Crippen LogP contribution in [0.2, 0.25) is 0 Å². The van der Waals surface area contributed by atoms with Gasteiger partial charge in [0, 0.05) is 13.0 Å². The van der Waals surface area contributed by atoms with E-state index < -0.39 is 0 Å². The molecule has 2 aromatic carbocycles. The summed E-state index contributed by atoms with van der Waals surface area (Å²) in [5.41, 5.74) is 4.28. The van der Waals surface area contributed by atoms with Crippen molar-refractivity contribution in [2.24, 2.45) is 0 Å². The van der Waals surface area contributed by atoms with Crippen molar-refractivity contribution < 1.29 is 4.79 Å². The molecule has 0 saturated carbocycles. The number of anilines is 1. The normalized spacial score (nSPS) is 11.4. The van der Waals surface area contributed by atoms with E-state index in [4.69, 9.17) is 0 Å². The number of carbonyl (C=O) groups excluding carboxylic acids is 1. The van der Waals surface area contributed by atoms with Gasteiger partial charge in [0.05, 0.1) is 22.1 Å². The van der Waals surface area contributed by atoms with Crippen molar-refractivity contribution in [1.82, 2.24) is 24.3 Å². The predicted octanol–water partition coefficient (Wildman–Crippen LogP) is 4.15. The van der Waals surface area contributed by atoms with Crippen molar-refractivity contribution in [3.8, 4) is 5.69 Å². The Bertz CT molecular complexity index is 1560. The van der Waals surface area contributed by atoms with E-state index in [1.807, 2.05) is 56.3 Å². The number of amides is 1. The molecule has 0 atom stereocenters. The first-order valence-electron chi connectivity index (χ1n) is 10.6. The molecule has 8 nitrogen and oxygen atoms in total. The Morgan fingerprint density at radius 3 is 2.58 bits per heavy atom. The first-order chi connectivity index (χ1) is 15.9. The third-order valence-electron chi connectivity index (χ3n) is 5.51. The van der Waals surface area contributed by atoms with Crippen LogP contribution >= 0.6 is 11.3 Å². The predicted molar refractivity (Wildman–Crippen MR) is 130 cm³/mol. The van der Waals surface area contributed by atoms with Crippen molar-refractivity contribution in [2.75, 3.05) is 5.32 Å². The molecule has 5 rings (SSSR count). The molecular formula is C24H22N6O2S. The second kappa shape index (κ2) is 8.25. The van der Waals surface area contributed by atoms with E-state index in [0.717, 1.165) is 27.0 Å². The number of benzene rings is 2. The highest BCUT2D eigenvalue weighted by Crippen LogP contribution is 2.26. The van der Waals surface area contributed by atoms with Crippen LogP contribution in [0.15, 0.2) is 53.5 Å². The van der Waals surface area contributed by atoms with Crippen LogP contribution in [0.25, 0.3) is 26.9 Å². The molecule has 0 aliphatic heterocycles. The maximum absolute atomic E-state index is 13.1. The highest BCUT2D eigenvalue weighted by atomic mass is 32.1. The third kappa shape index (κ3) is 4.03. The summed E-state index contributed by atoms with van der Waals surface area (Å²) in [6.45, 7) is 6.02. The molecule has 1 N–H and O–H groups in total. The number of aryl methyl sites for hydroxylation is 3. The van der Waals surface area contributed by atoms with Crippen LogP contribution in [0, 0.1) is 20.8 Å². The van der Waals surface area contributed by atoms with Crippen LogP contribution in [-0.4, -0.2) is 30.2 Å². The fourth-order valence-corrected chi connectivity index (χ4v) is 4.71. The Labute approximate surface area is 193 Å². The average Bonchev–Trinajstić information content (AvgIpc) is 3.37. The molecule has 0 radical (unpaired) electrons. The molecule has 0 saturated heterocycles. The Kier molecular flexibility index (Phi) is 5.26. The largest absolute Gasteiger partial charge is 0.302 e. The quantitative estimate of drug-likeness (QED) is 0.427. The number of nitrogens with zero attached hydrogens (tertiary/aromatic N) is 5. The average molecular weight is 459 g/mol. The van der Waals surface area contributed by atoms with Gasteiger partial charge in [0.1, 0.15) is 11.2 Å². The third-order valence-corrected chi connectivity index (χ3v) is 6.44. The zero-order valence-electron chi connectivity index (χ0n) is 18.5. The summed E-state index contributed by atoms with van der Waals surface area (Å²) in [4.78, 5) is 34.7. The SMILES string of the molecule is Cc1ccc(-n2ncc3c(=O)n(CCC(=O)Nc4nc5ccc(C)cc5s4)c(C)nc32)cc1. The zero-order chi connectivity index (χ0) is 23.1. The first-order valence-corrected chi connectivity index (χ1v) is 11.4. The zero-order valence-corrected chi connectivity index (χ0v) is 19.3. The number of hydrogen-bond acceptors (Lipinski definition) is 6. The van der Waals surface area contributed by atoms with E-state index in [9.17, 15) is 9.59 Å². The minimum absolute atomic E-state index is 0.134. The number of rotatable bonds is 5. The summed E-state index contributed by atoms with van der Waals surface area (Å²) < 4.78 is 4.21. The number of fused-ring (bicyclic) bond motifs is 2. The lowest BCUT2D eigenvalue weighted by molar-refractivity contribution is -0.116. The Balaban J connectivity index is 1.35. The molecule has 0 aliphatic carbocycles. The van der Waals surface area contributed by atoms with Gasteiger partial charge >= 0.3 is 0 Å². The van der Waals surface area contributed by atoms with Gasteiger partial charge in [-0.15, -0.1) is 0 Å². The molecule has 0 fully saturated rings. The van der Waals surface area contributed by atoms with Gasteiger partial charge in [-0.1, -0.05) is 35.1 Å². The number of aromatic nitrogens is 5. The van der Waals surface area contributed by atoms with Gasteiger partial charge in [-0.05, 0) is 50.6 Å². The van der Waals surface area contributed by atoms with Crippen molar-refractivity contribution >= 4 is 43.6 Å². The fourth-order valence-electron chi connectivity index (χ4n) is 3.73. The van der Waals surface area contributed by atoms with Gasteiger partial charge < -0.3 is 5.32 Å². The molecule has 5 aromatic rings. The highest BCUT2D eigenvalue weighted by molar-refractivity contribution is 7.22. The minimum atomic E-state index is -0.209. The van der Waals surface area contributed by atoms with Crippen LogP contribution in [-0.2, 0) is 11.3 Å². The summed E-state index contributed by atoms with van der Waals surface area (Å²) in [6, 6.07) is 13.8. The lowest BCUT2D eigenvalue weighted by Gasteiger charge is -2.10. The molecule has 166 valence electrons. The van der Waals surface area contributed by atoms with Crippen LogP contribution in [0.1, 0.15) is 23.4 Å². The Morgan fingerprint density at radius 2 is 1.79 bits per heavy atom. The van der Waals surface area contributed by atoms with Crippen molar-refractivity contribution in [3.63, 3.8) is 0 Å². The second-order valence-electron chi connectivity index (χ2n) is 8.03. The van der Waals surface area contributed by atoms with E-state index in [0.29, 0.717) is 22.0 Å². The maximum atomic E-state index is 13.1. The smallest absolute Gasteiger partial charge is 0.264 e. The van der Waals surface area contributed by atoms with Gasteiger partial charge in [0.2, 0.25) is 5.91 Å². The van der Waals surface area contributed by atoms with Gasteiger partial charge in [0.15, 0.2) is 10.8 Å². The fraction of sp³-hybridized carbons (Fsp3) is 0.208. The maximum Gasteiger partial charge on any atom is 0.264 e. The van der Waals surface area contributed by atoms with E-state index >= 15 is 0 Å². The van der Waals surface area contributed by atoms with Gasteiger partial charge in [-0.2, -0.15) is 5.10 Å². The van der Waals surface area contributed by atoms with E-state index in [-0.39, 0.29) is 24.4 Å². The summed E-state index contributed by atoms with van der Waals surface area (Å²) in [7, 11) is 0. The molecule has 0 bridgehead atoms. The second-order valence-corrected chi connectivity index (χ2v) is 9.06. The molecule has 1 amide bonds. The van der Waals surface area contributed by atoms with Crippen LogP contribution in [0.5, 0.6) is 0 Å². The van der Waals surface area contributed by atoms with Crippen molar-refractivity contribution in [3.05, 3.63) is 76.0 Å². The monoisotopic (exact) mass is 458 g/mol. The lowest BCUT2D eigenvalue weighted by Crippen LogP contribution is -2.26. The van der Waals surface area contributed by atoms with Gasteiger partial charge in [0.25, 0.3) is 5.56 Å². The number of thiazole rings is 1. The summed E-state index contributed by atoms with van der Waals surface area (Å²) in [5.74, 6) is 0.331. The molecule has 33 heavy (non-hydrogen) atoms. The van der Waals surface area contributed by atoms with Gasteiger partial charge in [-0.25, -0.2) is 14.6 Å². The first kappa shape index (κ1) is 21.0. The Hall–Kier alpha value is -3.85. The van der Waals surface area contributed by atoms with E-state index in [1.165, 1.54) is 22.1 Å². The van der Waals surface area contributed by atoms with Crippen LogP contribution in [0.3, 0.4) is 0 Å². The van der Waals surface area contributed by atoms with Crippen LogP contribution < -0.4 is 10.9 Å². The standard InChI is InChI=1S/C24H22N6O2S/c1-14-4-7-17(8-5-14)30-22-18(13-25-30)23(32)29(16(3)26-22)11-10-21(31)28-24-27-19-9-6-15(2)12-20(19)33-24/h4-9,12-13H,10-11H2,1-3H3,(H,27,28,31). The number of hydrogen-bond donors (Lipinski definition) is 1. The molecule has 9 heteroatoms. The van der Waals surface area contributed by atoms with E-state index in [1.54, 1.807) is 11.6 Å². The topological polar surface area (TPSA) is 94.7 Å².